The Labute approximate surface area is 88.1 Å². The first-order valence-electron chi connectivity index (χ1n) is 4.61. The van der Waals surface area contributed by atoms with Crippen LogP contribution >= 0.6 is 0 Å². The van der Waals surface area contributed by atoms with Gasteiger partial charge in [0, 0.05) is 12.8 Å². The van der Waals surface area contributed by atoms with Gasteiger partial charge in [-0.1, -0.05) is 0 Å². The molecule has 1 aromatic heterocycles. The van der Waals surface area contributed by atoms with E-state index in [2.05, 4.69) is 9.97 Å². The van der Waals surface area contributed by atoms with Crippen LogP contribution in [-0.4, -0.2) is 34.7 Å². The highest BCUT2D eigenvalue weighted by atomic mass is 32.2. The lowest BCUT2D eigenvalue weighted by Gasteiger charge is -2.11. The molecular formula is C8H14N2O4S. The van der Waals surface area contributed by atoms with Crippen LogP contribution in [0.4, 0.5) is 0 Å². The minimum Gasteiger partial charge on any atom is -0.396 e. The highest BCUT2D eigenvalue weighted by Crippen LogP contribution is 2.24. The normalized spacial score (nSPS) is 14.0. The summed E-state index contributed by atoms with van der Waals surface area (Å²) in [5, 5.41) is 7.60. The number of H-pyrrole nitrogens is 1. The fraction of sp³-hybridized carbons (Fsp3) is 0.625. The Bertz CT molecular complexity index is 373. The average molecular weight is 234 g/mol. The quantitative estimate of drug-likeness (QED) is 0.491. The van der Waals surface area contributed by atoms with E-state index in [0.717, 1.165) is 0 Å². The maximum absolute atomic E-state index is 11.1. The van der Waals surface area contributed by atoms with Crippen molar-refractivity contribution in [2.75, 3.05) is 6.61 Å². The van der Waals surface area contributed by atoms with Gasteiger partial charge in [0.05, 0.1) is 12.0 Å². The van der Waals surface area contributed by atoms with Gasteiger partial charge in [-0.2, -0.15) is 8.42 Å². The Morgan fingerprint density at radius 1 is 1.47 bits per heavy atom. The molecular weight excluding hydrogens is 220 g/mol. The van der Waals surface area contributed by atoms with E-state index in [4.69, 9.17) is 9.66 Å². The standard InChI is InChI=1S/C8H14N2O4S/c11-4-2-1-3-8(15(12,13)14)7-5-9-6-10-7/h5-6,8,11H,1-4H2,(H,9,10)(H,12,13,14). The van der Waals surface area contributed by atoms with Crippen LogP contribution in [0.15, 0.2) is 12.5 Å². The first-order valence-corrected chi connectivity index (χ1v) is 6.11. The van der Waals surface area contributed by atoms with Crippen molar-refractivity contribution in [1.82, 2.24) is 9.97 Å². The maximum Gasteiger partial charge on any atom is 0.273 e. The highest BCUT2D eigenvalue weighted by Gasteiger charge is 2.25. The van der Waals surface area contributed by atoms with Crippen molar-refractivity contribution < 1.29 is 18.1 Å². The van der Waals surface area contributed by atoms with Crippen molar-refractivity contribution >= 4 is 10.1 Å². The third-order valence-electron chi connectivity index (χ3n) is 2.10. The van der Waals surface area contributed by atoms with Crippen LogP contribution in [0.5, 0.6) is 0 Å². The Morgan fingerprint density at radius 3 is 2.67 bits per heavy atom. The summed E-state index contributed by atoms with van der Waals surface area (Å²) < 4.78 is 31.1. The highest BCUT2D eigenvalue weighted by molar-refractivity contribution is 7.86. The molecule has 6 nitrogen and oxygen atoms in total. The number of aliphatic hydroxyl groups is 1. The number of aromatic nitrogens is 2. The molecule has 0 aliphatic rings. The number of aromatic amines is 1. The molecule has 1 rings (SSSR count). The molecule has 0 aliphatic carbocycles. The molecule has 0 fully saturated rings. The smallest absolute Gasteiger partial charge is 0.273 e. The van der Waals surface area contributed by atoms with E-state index in [1.165, 1.54) is 12.5 Å². The molecule has 0 spiro atoms. The molecule has 0 aliphatic heterocycles. The minimum absolute atomic E-state index is 0.0151. The number of aliphatic hydroxyl groups excluding tert-OH is 1. The van der Waals surface area contributed by atoms with Gasteiger partial charge in [-0.3, -0.25) is 4.55 Å². The fourth-order valence-electron chi connectivity index (χ4n) is 1.35. The molecule has 0 radical (unpaired) electrons. The van der Waals surface area contributed by atoms with E-state index in [0.29, 0.717) is 18.5 Å². The van der Waals surface area contributed by atoms with E-state index in [1.807, 2.05) is 0 Å². The summed E-state index contributed by atoms with van der Waals surface area (Å²) in [4.78, 5) is 6.36. The van der Waals surface area contributed by atoms with Gasteiger partial charge in [-0.15, -0.1) is 0 Å². The van der Waals surface area contributed by atoms with Crippen LogP contribution in [0, 0.1) is 0 Å². The lowest BCUT2D eigenvalue weighted by Crippen LogP contribution is -2.12. The van der Waals surface area contributed by atoms with E-state index >= 15 is 0 Å². The molecule has 1 atom stereocenters. The van der Waals surface area contributed by atoms with Crippen LogP contribution < -0.4 is 0 Å². The second kappa shape index (κ2) is 5.24. The lowest BCUT2D eigenvalue weighted by atomic mass is 10.1. The van der Waals surface area contributed by atoms with Gasteiger partial charge in [-0.05, 0) is 19.3 Å². The number of nitrogens with one attached hydrogen (secondary N) is 1. The topological polar surface area (TPSA) is 103 Å². The minimum atomic E-state index is -4.12. The zero-order valence-corrected chi connectivity index (χ0v) is 8.94. The summed E-state index contributed by atoms with van der Waals surface area (Å²) in [5.41, 5.74) is 0.371. The molecule has 1 unspecified atom stereocenters. The summed E-state index contributed by atoms with van der Waals surface area (Å²) in [5.74, 6) is 0. The van der Waals surface area contributed by atoms with Crippen LogP contribution in [0.3, 0.4) is 0 Å². The van der Waals surface area contributed by atoms with Crippen molar-refractivity contribution in [3.05, 3.63) is 18.2 Å². The summed E-state index contributed by atoms with van der Waals surface area (Å²) in [6.45, 7) is 0.0151. The second-order valence-electron chi connectivity index (χ2n) is 3.23. The Kier molecular flexibility index (Phi) is 4.25. The Morgan fingerprint density at radius 2 is 2.20 bits per heavy atom. The van der Waals surface area contributed by atoms with Crippen molar-refractivity contribution in [3.63, 3.8) is 0 Å². The maximum atomic E-state index is 11.1. The molecule has 0 saturated carbocycles. The van der Waals surface area contributed by atoms with E-state index in [9.17, 15) is 8.42 Å². The Balaban J connectivity index is 2.72. The van der Waals surface area contributed by atoms with Gasteiger partial charge in [0.15, 0.2) is 0 Å². The molecule has 3 N–H and O–H groups in total. The summed E-state index contributed by atoms with van der Waals surface area (Å²) in [6.07, 6.45) is 4.04. The third-order valence-corrected chi connectivity index (χ3v) is 3.31. The zero-order chi connectivity index (χ0) is 11.3. The van der Waals surface area contributed by atoms with Gasteiger partial charge in [0.1, 0.15) is 5.25 Å². The van der Waals surface area contributed by atoms with E-state index < -0.39 is 15.4 Å². The number of rotatable bonds is 6. The summed E-state index contributed by atoms with van der Waals surface area (Å²) in [6, 6.07) is 0. The summed E-state index contributed by atoms with van der Waals surface area (Å²) >= 11 is 0. The molecule has 0 aromatic carbocycles. The molecule has 1 heterocycles. The Hall–Kier alpha value is -0.920. The predicted molar refractivity (Wildman–Crippen MR) is 53.8 cm³/mol. The molecule has 7 heteroatoms. The molecule has 0 saturated heterocycles. The number of hydrogen-bond acceptors (Lipinski definition) is 4. The number of unbranched alkanes of at least 4 members (excludes halogenated alkanes) is 1. The van der Waals surface area contributed by atoms with Crippen molar-refractivity contribution in [2.45, 2.75) is 24.5 Å². The van der Waals surface area contributed by atoms with Crippen LogP contribution in [0.25, 0.3) is 0 Å². The molecule has 86 valence electrons. The fourth-order valence-corrected chi connectivity index (χ4v) is 2.26. The second-order valence-corrected chi connectivity index (χ2v) is 4.83. The van der Waals surface area contributed by atoms with Crippen LogP contribution in [0.2, 0.25) is 0 Å². The van der Waals surface area contributed by atoms with Crippen molar-refractivity contribution in [2.24, 2.45) is 0 Å². The van der Waals surface area contributed by atoms with Crippen LogP contribution in [-0.2, 0) is 10.1 Å². The molecule has 0 bridgehead atoms. The van der Waals surface area contributed by atoms with Crippen molar-refractivity contribution in [3.8, 4) is 0 Å². The average Bonchev–Trinajstić information content (AvgIpc) is 2.63. The lowest BCUT2D eigenvalue weighted by molar-refractivity contribution is 0.282. The molecule has 1 aromatic rings. The van der Waals surface area contributed by atoms with E-state index in [-0.39, 0.29) is 13.0 Å². The summed E-state index contributed by atoms with van der Waals surface area (Å²) in [7, 11) is -4.12. The van der Waals surface area contributed by atoms with Crippen LogP contribution in [0.1, 0.15) is 30.2 Å². The predicted octanol–water partition coefficient (Wildman–Crippen LogP) is 0.501. The zero-order valence-electron chi connectivity index (χ0n) is 8.13. The first-order chi connectivity index (χ1) is 7.05. The third kappa shape index (κ3) is 3.61. The SMILES string of the molecule is O=S(=O)(O)C(CCCCO)c1cnc[nH]1. The van der Waals surface area contributed by atoms with Gasteiger partial charge >= 0.3 is 0 Å². The van der Waals surface area contributed by atoms with Gasteiger partial charge in [-0.25, -0.2) is 4.98 Å². The van der Waals surface area contributed by atoms with Gasteiger partial charge in [0.2, 0.25) is 0 Å². The number of imidazole rings is 1. The van der Waals surface area contributed by atoms with Crippen molar-refractivity contribution in [1.29, 1.82) is 0 Å². The number of hydrogen-bond donors (Lipinski definition) is 3. The largest absolute Gasteiger partial charge is 0.396 e. The monoisotopic (exact) mass is 234 g/mol. The van der Waals surface area contributed by atoms with Gasteiger partial charge in [0.25, 0.3) is 10.1 Å². The first kappa shape index (κ1) is 12.2. The van der Waals surface area contributed by atoms with E-state index in [1.54, 1.807) is 0 Å². The molecule has 0 amide bonds. The van der Waals surface area contributed by atoms with Gasteiger partial charge < -0.3 is 10.1 Å². The number of nitrogens with zero attached hydrogens (tertiary/aromatic N) is 1. The molecule has 15 heavy (non-hydrogen) atoms.